The molecule has 0 bridgehead atoms. The fourth-order valence-corrected chi connectivity index (χ4v) is 7.61. The van der Waals surface area contributed by atoms with Gasteiger partial charge in [0.2, 0.25) is 0 Å². The fourth-order valence-electron chi connectivity index (χ4n) is 7.61. The van der Waals surface area contributed by atoms with E-state index in [0.717, 1.165) is 50.3 Å². The van der Waals surface area contributed by atoms with E-state index in [1.54, 1.807) is 0 Å². The maximum absolute atomic E-state index is 5.25. The van der Waals surface area contributed by atoms with E-state index in [2.05, 4.69) is 169 Å². The van der Waals surface area contributed by atoms with E-state index in [1.807, 2.05) is 36.7 Å². The molecule has 0 saturated carbocycles. The second kappa shape index (κ2) is 13.4. The number of hydrogen-bond donors (Lipinski definition) is 0. The zero-order valence-corrected chi connectivity index (χ0v) is 29.4. The number of nitrogens with zero attached hydrogens (tertiary/aromatic N) is 3. The Hall–Kier alpha value is -7.23. The monoisotopic (exact) mass is 687 g/mol. The smallest absolute Gasteiger partial charge is 0.160 e. The molecule has 0 fully saturated rings. The van der Waals surface area contributed by atoms with Gasteiger partial charge in [0.15, 0.2) is 5.82 Å². The summed E-state index contributed by atoms with van der Waals surface area (Å²) < 4.78 is 0. The van der Waals surface area contributed by atoms with Gasteiger partial charge in [0.1, 0.15) is 0 Å². The van der Waals surface area contributed by atoms with E-state index in [1.165, 1.54) is 43.4 Å². The highest BCUT2D eigenvalue weighted by Crippen LogP contribution is 2.40. The zero-order chi connectivity index (χ0) is 35.8. The Balaban J connectivity index is 1.20. The van der Waals surface area contributed by atoms with Crippen LogP contribution in [0, 0.1) is 0 Å². The van der Waals surface area contributed by atoms with Crippen molar-refractivity contribution in [2.75, 3.05) is 0 Å². The molecular formula is C51H33N3. The van der Waals surface area contributed by atoms with Crippen LogP contribution in [0.15, 0.2) is 200 Å². The van der Waals surface area contributed by atoms with Crippen LogP contribution in [0.3, 0.4) is 0 Å². The molecule has 0 amide bonds. The number of rotatable bonds is 6. The van der Waals surface area contributed by atoms with Gasteiger partial charge >= 0.3 is 0 Å². The van der Waals surface area contributed by atoms with Crippen LogP contribution in [0.25, 0.3) is 99.6 Å². The van der Waals surface area contributed by atoms with Crippen molar-refractivity contribution in [2.45, 2.75) is 0 Å². The molecule has 0 atom stereocenters. The standard InChI is InChI=1S/C51H33N3/c1-3-11-35(12-4-1)49-33-50(54-51(53-49)36-13-5-2-6-14-36)44-30-42(40-22-21-38-27-37(19-20-39(38)28-40)34-23-25-52-26-24-34)29-43(31-44)48-32-41-15-7-8-16-45(41)46-17-9-10-18-47(46)48/h1-33H. The molecule has 0 saturated heterocycles. The third-order valence-corrected chi connectivity index (χ3v) is 10.3. The molecule has 0 aliphatic carbocycles. The average molecular weight is 688 g/mol. The van der Waals surface area contributed by atoms with Gasteiger partial charge < -0.3 is 0 Å². The summed E-state index contributed by atoms with van der Waals surface area (Å²) in [5.74, 6) is 0.700. The highest BCUT2D eigenvalue weighted by Gasteiger charge is 2.16. The number of aromatic nitrogens is 3. The molecule has 8 aromatic carbocycles. The fraction of sp³-hybridized carbons (Fsp3) is 0. The quantitative estimate of drug-likeness (QED) is 0.163. The Kier molecular flexibility index (Phi) is 7.81. The molecule has 0 radical (unpaired) electrons. The van der Waals surface area contributed by atoms with Crippen molar-refractivity contribution in [1.29, 1.82) is 0 Å². The van der Waals surface area contributed by atoms with Gasteiger partial charge in [-0.2, -0.15) is 0 Å². The molecule has 0 N–H and O–H groups in total. The second-order valence-corrected chi connectivity index (χ2v) is 13.7. The van der Waals surface area contributed by atoms with Crippen LogP contribution in [0.4, 0.5) is 0 Å². The minimum absolute atomic E-state index is 0.700. The molecular weight excluding hydrogens is 655 g/mol. The van der Waals surface area contributed by atoms with Crippen LogP contribution < -0.4 is 0 Å². The number of pyridine rings is 1. The van der Waals surface area contributed by atoms with Crippen LogP contribution in [-0.4, -0.2) is 15.0 Å². The Bertz CT molecular complexity index is 2920. The first kappa shape index (κ1) is 31.5. The van der Waals surface area contributed by atoms with Gasteiger partial charge in [-0.25, -0.2) is 9.97 Å². The topological polar surface area (TPSA) is 38.7 Å². The van der Waals surface area contributed by atoms with Crippen molar-refractivity contribution in [3.8, 4) is 67.3 Å². The maximum Gasteiger partial charge on any atom is 0.160 e. The van der Waals surface area contributed by atoms with Crippen molar-refractivity contribution < 1.29 is 0 Å². The molecule has 2 aromatic heterocycles. The summed E-state index contributed by atoms with van der Waals surface area (Å²) >= 11 is 0. The van der Waals surface area contributed by atoms with E-state index in [-0.39, 0.29) is 0 Å². The normalized spacial score (nSPS) is 11.3. The molecule has 2 heterocycles. The maximum atomic E-state index is 5.25. The molecule has 252 valence electrons. The van der Waals surface area contributed by atoms with Crippen molar-refractivity contribution in [1.82, 2.24) is 15.0 Å². The first-order chi connectivity index (χ1) is 26.7. The molecule has 10 rings (SSSR count). The Morgan fingerprint density at radius 1 is 0.278 bits per heavy atom. The predicted molar refractivity (Wildman–Crippen MR) is 225 cm³/mol. The van der Waals surface area contributed by atoms with Crippen LogP contribution in [-0.2, 0) is 0 Å². The van der Waals surface area contributed by atoms with E-state index in [9.17, 15) is 0 Å². The largest absolute Gasteiger partial charge is 0.265 e. The lowest BCUT2D eigenvalue weighted by Crippen LogP contribution is -1.96. The lowest BCUT2D eigenvalue weighted by Gasteiger charge is -2.16. The van der Waals surface area contributed by atoms with Crippen LogP contribution in [0.5, 0.6) is 0 Å². The number of benzene rings is 8. The summed E-state index contributed by atoms with van der Waals surface area (Å²) in [6, 6.07) is 67.0. The first-order valence-corrected chi connectivity index (χ1v) is 18.2. The Labute approximate surface area is 313 Å². The lowest BCUT2D eigenvalue weighted by molar-refractivity contribution is 1.18. The van der Waals surface area contributed by atoms with Gasteiger partial charge in [-0.15, -0.1) is 0 Å². The molecule has 0 aliphatic heterocycles. The van der Waals surface area contributed by atoms with Crippen molar-refractivity contribution in [2.24, 2.45) is 0 Å². The van der Waals surface area contributed by atoms with E-state index in [0.29, 0.717) is 5.82 Å². The predicted octanol–water partition coefficient (Wildman–Crippen LogP) is 13.3. The van der Waals surface area contributed by atoms with Gasteiger partial charge in [0.05, 0.1) is 11.4 Å². The zero-order valence-electron chi connectivity index (χ0n) is 29.4. The van der Waals surface area contributed by atoms with Crippen LogP contribution >= 0.6 is 0 Å². The molecule has 3 nitrogen and oxygen atoms in total. The van der Waals surface area contributed by atoms with E-state index >= 15 is 0 Å². The van der Waals surface area contributed by atoms with Gasteiger partial charge in [-0.3, -0.25) is 4.98 Å². The minimum Gasteiger partial charge on any atom is -0.265 e. The van der Waals surface area contributed by atoms with Crippen molar-refractivity contribution >= 4 is 32.3 Å². The Morgan fingerprint density at radius 2 is 0.833 bits per heavy atom. The molecule has 0 unspecified atom stereocenters. The van der Waals surface area contributed by atoms with Gasteiger partial charge in [0.25, 0.3) is 0 Å². The third kappa shape index (κ3) is 5.88. The van der Waals surface area contributed by atoms with Crippen molar-refractivity contribution in [3.63, 3.8) is 0 Å². The molecule has 10 aromatic rings. The van der Waals surface area contributed by atoms with Crippen LogP contribution in [0.1, 0.15) is 0 Å². The van der Waals surface area contributed by atoms with Crippen molar-refractivity contribution in [3.05, 3.63) is 200 Å². The first-order valence-electron chi connectivity index (χ1n) is 18.2. The minimum atomic E-state index is 0.700. The number of hydrogen-bond acceptors (Lipinski definition) is 3. The van der Waals surface area contributed by atoms with Gasteiger partial charge in [-0.05, 0) is 120 Å². The van der Waals surface area contributed by atoms with Gasteiger partial charge in [-0.1, -0.05) is 133 Å². The SMILES string of the molecule is c1ccc(-c2cc(-c3cc(-c4ccc5cc(-c6ccncc6)ccc5c4)cc(-c4cc5ccccc5c5ccccc45)c3)nc(-c3ccccc3)n2)cc1. The lowest BCUT2D eigenvalue weighted by atomic mass is 9.89. The molecule has 3 heteroatoms. The second-order valence-electron chi connectivity index (χ2n) is 13.7. The van der Waals surface area contributed by atoms with E-state index < -0.39 is 0 Å². The molecule has 0 spiro atoms. The summed E-state index contributed by atoms with van der Waals surface area (Å²) in [5.41, 5.74) is 11.8. The highest BCUT2D eigenvalue weighted by molar-refractivity contribution is 6.14. The summed E-state index contributed by atoms with van der Waals surface area (Å²) in [5, 5.41) is 7.32. The molecule has 54 heavy (non-hydrogen) atoms. The van der Waals surface area contributed by atoms with Gasteiger partial charge in [0, 0.05) is 29.1 Å². The third-order valence-electron chi connectivity index (χ3n) is 10.3. The Morgan fingerprint density at radius 3 is 1.56 bits per heavy atom. The molecule has 0 aliphatic rings. The summed E-state index contributed by atoms with van der Waals surface area (Å²) in [4.78, 5) is 14.5. The highest BCUT2D eigenvalue weighted by atomic mass is 14.9. The number of fused-ring (bicyclic) bond motifs is 4. The summed E-state index contributed by atoms with van der Waals surface area (Å²) in [6.07, 6.45) is 3.68. The summed E-state index contributed by atoms with van der Waals surface area (Å²) in [7, 11) is 0. The van der Waals surface area contributed by atoms with Crippen LogP contribution in [0.2, 0.25) is 0 Å². The summed E-state index contributed by atoms with van der Waals surface area (Å²) in [6.45, 7) is 0. The van der Waals surface area contributed by atoms with E-state index in [4.69, 9.17) is 9.97 Å². The average Bonchev–Trinajstić information content (AvgIpc) is 3.26.